The first kappa shape index (κ1) is 23.9. The molecular formula is C25H31ClN2O4. The number of amides is 2. The van der Waals surface area contributed by atoms with Gasteiger partial charge in [0.1, 0.15) is 17.5 Å². The summed E-state index contributed by atoms with van der Waals surface area (Å²) < 4.78 is 10.9. The van der Waals surface area contributed by atoms with Crippen LogP contribution in [0.2, 0.25) is 5.02 Å². The van der Waals surface area contributed by atoms with Crippen molar-refractivity contribution in [3.8, 4) is 11.5 Å². The topological polar surface area (TPSA) is 67.9 Å². The maximum atomic E-state index is 13.2. The third-order valence-corrected chi connectivity index (χ3v) is 6.03. The number of nitrogens with zero attached hydrogens (tertiary/aromatic N) is 1. The van der Waals surface area contributed by atoms with Crippen LogP contribution >= 0.6 is 11.6 Å². The minimum Gasteiger partial charge on any atom is -0.497 e. The number of rotatable bonds is 10. The Kier molecular flexibility index (Phi) is 8.80. The molecule has 2 aromatic rings. The van der Waals surface area contributed by atoms with Crippen LogP contribution in [0.15, 0.2) is 48.5 Å². The quantitative estimate of drug-likeness (QED) is 0.565. The lowest BCUT2D eigenvalue weighted by Crippen LogP contribution is -2.52. The second-order valence-corrected chi connectivity index (χ2v) is 8.46. The van der Waals surface area contributed by atoms with Crippen molar-refractivity contribution in [1.82, 2.24) is 10.2 Å². The van der Waals surface area contributed by atoms with E-state index in [0.29, 0.717) is 29.5 Å². The average molecular weight is 459 g/mol. The third-order valence-electron chi connectivity index (χ3n) is 5.78. The highest BCUT2D eigenvalue weighted by Gasteiger charge is 2.30. The number of ether oxygens (including phenoxy) is 2. The van der Waals surface area contributed by atoms with Crippen molar-refractivity contribution in [2.75, 3.05) is 13.7 Å². The molecular weight excluding hydrogens is 428 g/mol. The Morgan fingerprint density at radius 3 is 2.28 bits per heavy atom. The van der Waals surface area contributed by atoms with Crippen molar-refractivity contribution in [2.24, 2.45) is 0 Å². The van der Waals surface area contributed by atoms with Gasteiger partial charge in [0.05, 0.1) is 7.11 Å². The number of hydrogen-bond donors (Lipinski definition) is 1. The standard InChI is InChI=1S/C25H31ClN2O4/c1-3-23(25(30)27-20-6-4-5-7-20)28(16-18-8-10-19(26)11-9-18)24(29)17-32-22-14-12-21(31-2)13-15-22/h8-15,20,23H,3-7,16-17H2,1-2H3,(H,27,30)/t23-/m1/s1. The zero-order valence-electron chi connectivity index (χ0n) is 18.7. The summed E-state index contributed by atoms with van der Waals surface area (Å²) in [5.41, 5.74) is 0.902. The monoisotopic (exact) mass is 458 g/mol. The van der Waals surface area contributed by atoms with E-state index in [2.05, 4.69) is 5.32 Å². The fraction of sp³-hybridized carbons (Fsp3) is 0.440. The molecule has 1 atom stereocenters. The van der Waals surface area contributed by atoms with Gasteiger partial charge >= 0.3 is 0 Å². The van der Waals surface area contributed by atoms with Crippen LogP contribution in [0, 0.1) is 0 Å². The normalized spacial score (nSPS) is 14.6. The van der Waals surface area contributed by atoms with Gasteiger partial charge < -0.3 is 19.7 Å². The van der Waals surface area contributed by atoms with Gasteiger partial charge in [-0.2, -0.15) is 0 Å². The Labute approximate surface area is 194 Å². The van der Waals surface area contributed by atoms with E-state index in [-0.39, 0.29) is 24.5 Å². The third kappa shape index (κ3) is 6.63. The summed E-state index contributed by atoms with van der Waals surface area (Å²) in [7, 11) is 1.59. The lowest BCUT2D eigenvalue weighted by Gasteiger charge is -2.31. The number of methoxy groups -OCH3 is 1. The molecule has 1 saturated carbocycles. The highest BCUT2D eigenvalue weighted by atomic mass is 35.5. The second kappa shape index (κ2) is 11.8. The van der Waals surface area contributed by atoms with Gasteiger partial charge in [0.15, 0.2) is 6.61 Å². The van der Waals surface area contributed by atoms with Crippen molar-refractivity contribution in [3.63, 3.8) is 0 Å². The largest absolute Gasteiger partial charge is 0.497 e. The molecule has 0 aromatic heterocycles. The fourth-order valence-corrected chi connectivity index (χ4v) is 4.10. The molecule has 172 valence electrons. The summed E-state index contributed by atoms with van der Waals surface area (Å²) in [6.45, 7) is 2.07. The molecule has 0 radical (unpaired) electrons. The fourth-order valence-electron chi connectivity index (χ4n) is 3.97. The molecule has 1 aliphatic carbocycles. The van der Waals surface area contributed by atoms with E-state index in [9.17, 15) is 9.59 Å². The van der Waals surface area contributed by atoms with E-state index in [1.54, 1.807) is 48.4 Å². The van der Waals surface area contributed by atoms with Gasteiger partial charge in [-0.3, -0.25) is 9.59 Å². The Balaban J connectivity index is 1.73. The van der Waals surface area contributed by atoms with Crippen molar-refractivity contribution in [3.05, 3.63) is 59.1 Å². The molecule has 2 amide bonds. The highest BCUT2D eigenvalue weighted by molar-refractivity contribution is 6.30. The number of carbonyl (C=O) groups is 2. The molecule has 3 rings (SSSR count). The van der Waals surface area contributed by atoms with Gasteiger partial charge in [-0.05, 0) is 61.2 Å². The molecule has 6 nitrogen and oxygen atoms in total. The van der Waals surface area contributed by atoms with Crippen LogP contribution in [0.1, 0.15) is 44.6 Å². The predicted octanol–water partition coefficient (Wildman–Crippen LogP) is 4.59. The molecule has 0 heterocycles. The molecule has 0 spiro atoms. The van der Waals surface area contributed by atoms with E-state index in [4.69, 9.17) is 21.1 Å². The number of carbonyl (C=O) groups excluding carboxylic acids is 2. The van der Waals surface area contributed by atoms with Gasteiger partial charge in [-0.1, -0.05) is 43.5 Å². The molecule has 0 bridgehead atoms. The molecule has 1 aliphatic rings. The van der Waals surface area contributed by atoms with Gasteiger partial charge in [0.2, 0.25) is 5.91 Å². The van der Waals surface area contributed by atoms with Crippen LogP contribution in [-0.2, 0) is 16.1 Å². The first-order valence-electron chi connectivity index (χ1n) is 11.1. The maximum Gasteiger partial charge on any atom is 0.261 e. The van der Waals surface area contributed by atoms with Gasteiger partial charge in [-0.15, -0.1) is 0 Å². The zero-order valence-corrected chi connectivity index (χ0v) is 19.4. The van der Waals surface area contributed by atoms with E-state index < -0.39 is 6.04 Å². The average Bonchev–Trinajstić information content (AvgIpc) is 3.32. The van der Waals surface area contributed by atoms with Gasteiger partial charge in [0, 0.05) is 17.6 Å². The molecule has 1 fully saturated rings. The van der Waals surface area contributed by atoms with Crippen LogP contribution in [0.4, 0.5) is 0 Å². The molecule has 0 unspecified atom stereocenters. The minimum absolute atomic E-state index is 0.105. The van der Waals surface area contributed by atoms with Crippen molar-refractivity contribution >= 4 is 23.4 Å². The van der Waals surface area contributed by atoms with Crippen LogP contribution in [0.3, 0.4) is 0 Å². The van der Waals surface area contributed by atoms with Gasteiger partial charge in [0.25, 0.3) is 5.91 Å². The summed E-state index contributed by atoms with van der Waals surface area (Å²) in [5, 5.41) is 3.76. The Hall–Kier alpha value is -2.73. The Morgan fingerprint density at radius 2 is 1.69 bits per heavy atom. The predicted molar refractivity (Wildman–Crippen MR) is 125 cm³/mol. The second-order valence-electron chi connectivity index (χ2n) is 8.03. The maximum absolute atomic E-state index is 13.2. The van der Waals surface area contributed by atoms with E-state index >= 15 is 0 Å². The summed E-state index contributed by atoms with van der Waals surface area (Å²) in [4.78, 5) is 27.9. The summed E-state index contributed by atoms with van der Waals surface area (Å²) >= 11 is 6.01. The van der Waals surface area contributed by atoms with E-state index in [1.165, 1.54) is 0 Å². The van der Waals surface area contributed by atoms with Crippen molar-refractivity contribution in [1.29, 1.82) is 0 Å². The lowest BCUT2D eigenvalue weighted by molar-refractivity contribution is -0.143. The minimum atomic E-state index is -0.571. The molecule has 2 aromatic carbocycles. The summed E-state index contributed by atoms with van der Waals surface area (Å²) in [6.07, 6.45) is 4.76. The summed E-state index contributed by atoms with van der Waals surface area (Å²) in [6, 6.07) is 14.0. The number of hydrogen-bond acceptors (Lipinski definition) is 4. The van der Waals surface area contributed by atoms with Crippen LogP contribution < -0.4 is 14.8 Å². The highest BCUT2D eigenvalue weighted by Crippen LogP contribution is 2.21. The molecule has 1 N–H and O–H groups in total. The molecule has 0 saturated heterocycles. The van der Waals surface area contributed by atoms with Crippen molar-refractivity contribution in [2.45, 2.75) is 57.7 Å². The Bertz CT molecular complexity index is 880. The first-order valence-corrected chi connectivity index (χ1v) is 11.5. The first-order chi connectivity index (χ1) is 15.5. The zero-order chi connectivity index (χ0) is 22.9. The van der Waals surface area contributed by atoms with Gasteiger partial charge in [-0.25, -0.2) is 0 Å². The SMILES string of the molecule is CC[C@H](C(=O)NC1CCCC1)N(Cc1ccc(Cl)cc1)C(=O)COc1ccc(OC)cc1. The smallest absolute Gasteiger partial charge is 0.261 e. The number of halogens is 1. The molecule has 7 heteroatoms. The van der Waals surface area contributed by atoms with Crippen molar-refractivity contribution < 1.29 is 19.1 Å². The van der Waals surface area contributed by atoms with Crippen LogP contribution in [-0.4, -0.2) is 42.5 Å². The Morgan fingerprint density at radius 1 is 1.06 bits per heavy atom. The lowest BCUT2D eigenvalue weighted by atomic mass is 10.1. The molecule has 32 heavy (non-hydrogen) atoms. The van der Waals surface area contributed by atoms with E-state index in [1.807, 2.05) is 19.1 Å². The molecule has 0 aliphatic heterocycles. The number of nitrogens with one attached hydrogen (secondary N) is 1. The number of benzene rings is 2. The van der Waals surface area contributed by atoms with Crippen LogP contribution in [0.5, 0.6) is 11.5 Å². The summed E-state index contributed by atoms with van der Waals surface area (Å²) in [5.74, 6) is 0.923. The van der Waals surface area contributed by atoms with E-state index in [0.717, 1.165) is 31.2 Å². The van der Waals surface area contributed by atoms with Crippen LogP contribution in [0.25, 0.3) is 0 Å².